The van der Waals surface area contributed by atoms with Crippen LogP contribution in [0.4, 0.5) is 5.82 Å². The number of nitrogens with zero attached hydrogens (tertiary/aromatic N) is 3. The minimum Gasteiger partial charge on any atom is -0.376 e. The molecular weight excluding hydrogens is 204 g/mol. The molecule has 1 atom stereocenters. The van der Waals surface area contributed by atoms with E-state index in [0.29, 0.717) is 12.6 Å². The van der Waals surface area contributed by atoms with Crippen LogP contribution in [0.5, 0.6) is 0 Å². The number of aromatic nitrogens is 2. The molecule has 1 unspecified atom stereocenters. The lowest BCUT2D eigenvalue weighted by Crippen LogP contribution is -2.30. The van der Waals surface area contributed by atoms with Crippen molar-refractivity contribution in [3.63, 3.8) is 0 Å². The van der Waals surface area contributed by atoms with Gasteiger partial charge in [-0.15, -0.1) is 5.10 Å². The number of nitrogens with two attached hydrogens (primary N) is 1. The van der Waals surface area contributed by atoms with Crippen molar-refractivity contribution in [2.75, 3.05) is 25.1 Å². The highest BCUT2D eigenvalue weighted by Gasteiger charge is 2.19. The lowest BCUT2D eigenvalue weighted by Gasteiger charge is -2.22. The second-order valence-corrected chi connectivity index (χ2v) is 4.10. The summed E-state index contributed by atoms with van der Waals surface area (Å²) >= 11 is 0. The second kappa shape index (κ2) is 5.23. The summed E-state index contributed by atoms with van der Waals surface area (Å²) < 4.78 is 5.60. The minimum atomic E-state index is 0.317. The number of ether oxygens (including phenoxy) is 1. The van der Waals surface area contributed by atoms with Crippen LogP contribution in [0.15, 0.2) is 12.3 Å². The predicted molar refractivity (Wildman–Crippen MR) is 62.2 cm³/mol. The zero-order chi connectivity index (χ0) is 11.4. The SMILES string of the molecule is CN(CC1CCCO1)c1nnccc1CN. The third kappa shape index (κ3) is 2.48. The van der Waals surface area contributed by atoms with Gasteiger partial charge in [0.1, 0.15) is 0 Å². The molecule has 1 aliphatic heterocycles. The van der Waals surface area contributed by atoms with Gasteiger partial charge in [0.25, 0.3) is 0 Å². The van der Waals surface area contributed by atoms with E-state index in [1.807, 2.05) is 13.1 Å². The van der Waals surface area contributed by atoms with Crippen molar-refractivity contribution < 1.29 is 4.74 Å². The fraction of sp³-hybridized carbons (Fsp3) is 0.636. The lowest BCUT2D eigenvalue weighted by molar-refractivity contribution is 0.116. The Kier molecular flexibility index (Phi) is 3.69. The summed E-state index contributed by atoms with van der Waals surface area (Å²) in [5.41, 5.74) is 6.69. The first kappa shape index (κ1) is 11.3. The molecule has 5 heteroatoms. The van der Waals surface area contributed by atoms with Gasteiger partial charge >= 0.3 is 0 Å². The molecule has 1 aliphatic rings. The summed E-state index contributed by atoms with van der Waals surface area (Å²) in [5, 5.41) is 8.03. The first-order valence-corrected chi connectivity index (χ1v) is 5.64. The summed E-state index contributed by atoms with van der Waals surface area (Å²) in [7, 11) is 2.00. The van der Waals surface area contributed by atoms with Gasteiger partial charge in [-0.1, -0.05) is 0 Å². The average Bonchev–Trinajstić information content (AvgIpc) is 2.81. The highest BCUT2D eigenvalue weighted by molar-refractivity contribution is 5.44. The van der Waals surface area contributed by atoms with Crippen LogP contribution in [0.25, 0.3) is 0 Å². The van der Waals surface area contributed by atoms with Crippen molar-refractivity contribution in [3.05, 3.63) is 17.8 Å². The predicted octanol–water partition coefficient (Wildman–Crippen LogP) is 0.550. The van der Waals surface area contributed by atoms with Gasteiger partial charge in [-0.05, 0) is 18.9 Å². The molecule has 1 aromatic heterocycles. The molecule has 0 aliphatic carbocycles. The smallest absolute Gasteiger partial charge is 0.155 e. The largest absolute Gasteiger partial charge is 0.376 e. The van der Waals surface area contributed by atoms with Crippen molar-refractivity contribution in [2.45, 2.75) is 25.5 Å². The van der Waals surface area contributed by atoms with Gasteiger partial charge in [0.15, 0.2) is 5.82 Å². The van der Waals surface area contributed by atoms with Gasteiger partial charge in [-0.3, -0.25) is 0 Å². The van der Waals surface area contributed by atoms with E-state index in [9.17, 15) is 0 Å². The van der Waals surface area contributed by atoms with Crippen LogP contribution in [-0.2, 0) is 11.3 Å². The molecule has 1 aromatic rings. The third-order valence-electron chi connectivity index (χ3n) is 2.87. The summed E-state index contributed by atoms with van der Waals surface area (Å²) in [4.78, 5) is 2.07. The summed E-state index contributed by atoms with van der Waals surface area (Å²) in [5.74, 6) is 0.862. The van der Waals surface area contributed by atoms with Gasteiger partial charge < -0.3 is 15.4 Å². The van der Waals surface area contributed by atoms with E-state index in [4.69, 9.17) is 10.5 Å². The number of anilines is 1. The molecule has 1 fully saturated rings. The van der Waals surface area contributed by atoms with E-state index in [1.165, 1.54) is 0 Å². The number of hydrogen-bond donors (Lipinski definition) is 1. The molecule has 2 rings (SSSR count). The minimum absolute atomic E-state index is 0.317. The van der Waals surface area contributed by atoms with Crippen molar-refractivity contribution in [2.24, 2.45) is 5.73 Å². The fourth-order valence-electron chi connectivity index (χ4n) is 2.01. The molecule has 2 heterocycles. The van der Waals surface area contributed by atoms with Gasteiger partial charge in [-0.25, -0.2) is 0 Å². The molecule has 0 amide bonds. The van der Waals surface area contributed by atoms with Crippen molar-refractivity contribution in [1.82, 2.24) is 10.2 Å². The molecular formula is C11H18N4O. The standard InChI is InChI=1S/C11H18N4O/c1-15(8-10-3-2-6-16-10)11-9(7-12)4-5-13-14-11/h4-5,10H,2-3,6-8,12H2,1H3. The maximum Gasteiger partial charge on any atom is 0.155 e. The van der Waals surface area contributed by atoms with E-state index in [1.54, 1.807) is 6.20 Å². The molecule has 2 N–H and O–H groups in total. The Morgan fingerprint density at radius 2 is 2.50 bits per heavy atom. The Bertz CT molecular complexity index is 339. The van der Waals surface area contributed by atoms with Gasteiger partial charge in [0.05, 0.1) is 12.3 Å². The summed E-state index contributed by atoms with van der Waals surface area (Å²) in [6.45, 7) is 2.22. The summed E-state index contributed by atoms with van der Waals surface area (Å²) in [6.07, 6.45) is 4.27. The Hall–Kier alpha value is -1.20. The summed E-state index contributed by atoms with van der Waals surface area (Å²) in [6, 6.07) is 1.91. The quantitative estimate of drug-likeness (QED) is 0.806. The number of hydrogen-bond acceptors (Lipinski definition) is 5. The third-order valence-corrected chi connectivity index (χ3v) is 2.87. The molecule has 5 nitrogen and oxygen atoms in total. The van der Waals surface area contributed by atoms with Crippen LogP contribution in [-0.4, -0.2) is 36.5 Å². The second-order valence-electron chi connectivity index (χ2n) is 4.10. The molecule has 16 heavy (non-hydrogen) atoms. The molecule has 0 aromatic carbocycles. The number of rotatable bonds is 4. The molecule has 0 saturated carbocycles. The zero-order valence-electron chi connectivity index (χ0n) is 9.59. The zero-order valence-corrected chi connectivity index (χ0v) is 9.59. The highest BCUT2D eigenvalue weighted by atomic mass is 16.5. The van der Waals surface area contributed by atoms with E-state index in [2.05, 4.69) is 15.1 Å². The van der Waals surface area contributed by atoms with Gasteiger partial charge in [-0.2, -0.15) is 5.10 Å². The Morgan fingerprint density at radius 3 is 3.19 bits per heavy atom. The number of likely N-dealkylation sites (N-methyl/N-ethyl adjacent to an activating group) is 1. The Morgan fingerprint density at radius 1 is 1.62 bits per heavy atom. The van der Waals surface area contributed by atoms with E-state index < -0.39 is 0 Å². The average molecular weight is 222 g/mol. The van der Waals surface area contributed by atoms with Crippen LogP contribution in [0.3, 0.4) is 0 Å². The van der Waals surface area contributed by atoms with Crippen LogP contribution >= 0.6 is 0 Å². The molecule has 0 bridgehead atoms. The maximum absolute atomic E-state index is 5.67. The van der Waals surface area contributed by atoms with E-state index >= 15 is 0 Å². The molecule has 1 saturated heterocycles. The van der Waals surface area contributed by atoms with Gasteiger partial charge in [0, 0.05) is 32.3 Å². The van der Waals surface area contributed by atoms with Crippen LogP contribution in [0, 0.1) is 0 Å². The Balaban J connectivity index is 2.04. The van der Waals surface area contributed by atoms with Crippen LogP contribution in [0.1, 0.15) is 18.4 Å². The van der Waals surface area contributed by atoms with Crippen LogP contribution < -0.4 is 10.6 Å². The normalized spacial score (nSPS) is 20.0. The van der Waals surface area contributed by atoms with E-state index in [-0.39, 0.29) is 0 Å². The van der Waals surface area contributed by atoms with Crippen molar-refractivity contribution in [3.8, 4) is 0 Å². The van der Waals surface area contributed by atoms with Crippen LogP contribution in [0.2, 0.25) is 0 Å². The lowest BCUT2D eigenvalue weighted by atomic mass is 10.2. The molecule has 88 valence electrons. The van der Waals surface area contributed by atoms with Gasteiger partial charge in [0.2, 0.25) is 0 Å². The first-order chi connectivity index (χ1) is 7.81. The van der Waals surface area contributed by atoms with E-state index in [0.717, 1.165) is 37.4 Å². The highest BCUT2D eigenvalue weighted by Crippen LogP contribution is 2.18. The monoisotopic (exact) mass is 222 g/mol. The van der Waals surface area contributed by atoms with Crippen molar-refractivity contribution >= 4 is 5.82 Å². The van der Waals surface area contributed by atoms with Crippen molar-refractivity contribution in [1.29, 1.82) is 0 Å². The molecule has 0 radical (unpaired) electrons. The first-order valence-electron chi connectivity index (χ1n) is 5.64. The Labute approximate surface area is 95.6 Å². The molecule has 0 spiro atoms. The fourth-order valence-corrected chi connectivity index (χ4v) is 2.01. The maximum atomic E-state index is 5.67. The topological polar surface area (TPSA) is 64.3 Å².